The zero-order chi connectivity index (χ0) is 11.7. The molecule has 0 aromatic carbocycles. The van der Waals surface area contributed by atoms with Gasteiger partial charge in [-0.05, 0) is 19.8 Å². The number of hydrogen-bond donors (Lipinski definition) is 1. The average Bonchev–Trinajstić information content (AvgIpc) is 2.83. The molecule has 0 radical (unpaired) electrons. The lowest BCUT2D eigenvalue weighted by molar-refractivity contribution is 0.0677. The van der Waals surface area contributed by atoms with E-state index in [9.17, 15) is 9.90 Å². The van der Waals surface area contributed by atoms with Gasteiger partial charge in [0.15, 0.2) is 0 Å². The van der Waals surface area contributed by atoms with E-state index >= 15 is 0 Å². The van der Waals surface area contributed by atoms with Crippen LogP contribution in [0.1, 0.15) is 28.9 Å². The third kappa shape index (κ3) is 1.82. The summed E-state index contributed by atoms with van der Waals surface area (Å²) in [5.41, 5.74) is 1.39. The smallest absolute Gasteiger partial charge is 0.257 e. The Kier molecular flexibility index (Phi) is 2.96. The normalized spacial score (nSPS) is 20.4. The van der Waals surface area contributed by atoms with Gasteiger partial charge in [0.2, 0.25) is 0 Å². The molecule has 1 N–H and O–H groups in total. The molecule has 1 saturated heterocycles. The zero-order valence-electron chi connectivity index (χ0n) is 9.68. The molecule has 1 fully saturated rings. The molecule has 1 aliphatic rings. The molecular formula is C11H17N3O2. The van der Waals surface area contributed by atoms with Crippen LogP contribution in [0.3, 0.4) is 0 Å². The van der Waals surface area contributed by atoms with Crippen LogP contribution in [0, 0.1) is 6.92 Å². The fourth-order valence-corrected chi connectivity index (χ4v) is 2.26. The van der Waals surface area contributed by atoms with Crippen LogP contribution in [0.2, 0.25) is 0 Å². The van der Waals surface area contributed by atoms with Gasteiger partial charge in [0.05, 0.1) is 23.9 Å². The standard InChI is InChI=1S/C11H17N3O2/c1-8-10(6-13(2)12-8)11(16)14-5-3-4-9(14)7-15/h6,9,15H,3-5,7H2,1-2H3/t9-/m1/s1. The summed E-state index contributed by atoms with van der Waals surface area (Å²) >= 11 is 0. The summed E-state index contributed by atoms with van der Waals surface area (Å²) in [5, 5.41) is 13.4. The van der Waals surface area contributed by atoms with Crippen LogP contribution in [0.15, 0.2) is 6.20 Å². The van der Waals surface area contributed by atoms with Gasteiger partial charge in [0.1, 0.15) is 0 Å². The number of amides is 1. The second kappa shape index (κ2) is 4.25. The summed E-state index contributed by atoms with van der Waals surface area (Å²) in [6, 6.07) is -0.0212. The summed E-state index contributed by atoms with van der Waals surface area (Å²) in [6.07, 6.45) is 3.60. The maximum Gasteiger partial charge on any atom is 0.257 e. The summed E-state index contributed by atoms with van der Waals surface area (Å²) < 4.78 is 1.65. The molecule has 1 amide bonds. The predicted molar refractivity (Wildman–Crippen MR) is 59.1 cm³/mol. The lowest BCUT2D eigenvalue weighted by Crippen LogP contribution is -2.37. The molecule has 1 aromatic heterocycles. The highest BCUT2D eigenvalue weighted by molar-refractivity contribution is 5.95. The molecule has 16 heavy (non-hydrogen) atoms. The molecule has 1 aromatic rings. The Labute approximate surface area is 94.7 Å². The number of nitrogens with zero attached hydrogens (tertiary/aromatic N) is 3. The number of aryl methyl sites for hydroxylation is 2. The van der Waals surface area contributed by atoms with E-state index in [2.05, 4.69) is 5.10 Å². The van der Waals surface area contributed by atoms with Crippen LogP contribution >= 0.6 is 0 Å². The van der Waals surface area contributed by atoms with Gasteiger partial charge in [0, 0.05) is 19.8 Å². The molecule has 88 valence electrons. The number of carbonyl (C=O) groups excluding carboxylic acids is 1. The van der Waals surface area contributed by atoms with Gasteiger partial charge in [-0.3, -0.25) is 9.48 Å². The topological polar surface area (TPSA) is 58.4 Å². The molecule has 1 atom stereocenters. The third-order valence-corrected chi connectivity index (χ3v) is 3.09. The fourth-order valence-electron chi connectivity index (χ4n) is 2.26. The third-order valence-electron chi connectivity index (χ3n) is 3.09. The van der Waals surface area contributed by atoms with Crippen molar-refractivity contribution in [1.82, 2.24) is 14.7 Å². The Bertz CT molecular complexity index is 400. The predicted octanol–water partition coefficient (Wildman–Crippen LogP) is 0.325. The van der Waals surface area contributed by atoms with Crippen molar-refractivity contribution >= 4 is 5.91 Å². The Morgan fingerprint density at radius 3 is 3.00 bits per heavy atom. The van der Waals surface area contributed by atoms with E-state index in [0.717, 1.165) is 25.1 Å². The number of carbonyl (C=O) groups is 1. The molecule has 0 bridgehead atoms. The Hall–Kier alpha value is -1.36. The maximum absolute atomic E-state index is 12.2. The molecule has 2 rings (SSSR count). The Morgan fingerprint density at radius 1 is 1.69 bits per heavy atom. The summed E-state index contributed by atoms with van der Waals surface area (Å²) in [6.45, 7) is 2.61. The van der Waals surface area contributed by atoms with Crippen molar-refractivity contribution in [2.45, 2.75) is 25.8 Å². The fraction of sp³-hybridized carbons (Fsp3) is 0.636. The van der Waals surface area contributed by atoms with Gasteiger partial charge in [-0.15, -0.1) is 0 Å². The molecular weight excluding hydrogens is 206 g/mol. The molecule has 5 heteroatoms. The first-order valence-electron chi connectivity index (χ1n) is 5.55. The Balaban J connectivity index is 2.21. The zero-order valence-corrected chi connectivity index (χ0v) is 9.68. The van der Waals surface area contributed by atoms with Gasteiger partial charge in [-0.1, -0.05) is 0 Å². The number of likely N-dealkylation sites (tertiary alicyclic amines) is 1. The van der Waals surface area contributed by atoms with E-state index in [1.807, 2.05) is 6.92 Å². The van der Waals surface area contributed by atoms with E-state index in [1.165, 1.54) is 0 Å². The molecule has 0 unspecified atom stereocenters. The van der Waals surface area contributed by atoms with Gasteiger partial charge in [-0.2, -0.15) is 5.10 Å². The summed E-state index contributed by atoms with van der Waals surface area (Å²) in [4.78, 5) is 14.0. The second-order valence-electron chi connectivity index (χ2n) is 4.28. The van der Waals surface area contributed by atoms with Gasteiger partial charge in [0.25, 0.3) is 5.91 Å². The highest BCUT2D eigenvalue weighted by Gasteiger charge is 2.30. The molecule has 2 heterocycles. The quantitative estimate of drug-likeness (QED) is 0.785. The SMILES string of the molecule is Cc1nn(C)cc1C(=O)N1CCC[C@@H]1CO. The minimum Gasteiger partial charge on any atom is -0.394 e. The largest absolute Gasteiger partial charge is 0.394 e. The molecule has 0 spiro atoms. The van der Waals surface area contributed by atoms with Crippen molar-refractivity contribution in [1.29, 1.82) is 0 Å². The van der Waals surface area contributed by atoms with Crippen LogP contribution in [-0.2, 0) is 7.05 Å². The molecule has 0 aliphatic carbocycles. The molecule has 0 saturated carbocycles. The lowest BCUT2D eigenvalue weighted by atomic mass is 10.2. The van der Waals surface area contributed by atoms with Crippen LogP contribution in [0.5, 0.6) is 0 Å². The highest BCUT2D eigenvalue weighted by Crippen LogP contribution is 2.20. The van der Waals surface area contributed by atoms with E-state index < -0.39 is 0 Å². The maximum atomic E-state index is 12.2. The molecule has 5 nitrogen and oxygen atoms in total. The second-order valence-corrected chi connectivity index (χ2v) is 4.28. The van der Waals surface area contributed by atoms with Crippen molar-refractivity contribution in [3.63, 3.8) is 0 Å². The van der Waals surface area contributed by atoms with Crippen molar-refractivity contribution in [2.24, 2.45) is 7.05 Å². The lowest BCUT2D eigenvalue weighted by Gasteiger charge is -2.22. The number of aliphatic hydroxyl groups excluding tert-OH is 1. The van der Waals surface area contributed by atoms with Crippen molar-refractivity contribution in [3.8, 4) is 0 Å². The average molecular weight is 223 g/mol. The van der Waals surface area contributed by atoms with Gasteiger partial charge >= 0.3 is 0 Å². The van der Waals surface area contributed by atoms with Crippen molar-refractivity contribution in [2.75, 3.05) is 13.2 Å². The first-order valence-corrected chi connectivity index (χ1v) is 5.55. The van der Waals surface area contributed by atoms with Crippen LogP contribution in [-0.4, -0.2) is 44.9 Å². The molecule has 1 aliphatic heterocycles. The van der Waals surface area contributed by atoms with Crippen molar-refractivity contribution in [3.05, 3.63) is 17.5 Å². The van der Waals surface area contributed by atoms with Crippen molar-refractivity contribution < 1.29 is 9.90 Å². The van der Waals surface area contributed by atoms with Gasteiger partial charge in [-0.25, -0.2) is 0 Å². The highest BCUT2D eigenvalue weighted by atomic mass is 16.3. The number of rotatable bonds is 2. The summed E-state index contributed by atoms with van der Waals surface area (Å²) in [7, 11) is 1.80. The number of aromatic nitrogens is 2. The van der Waals surface area contributed by atoms with E-state index in [0.29, 0.717) is 5.56 Å². The summed E-state index contributed by atoms with van der Waals surface area (Å²) in [5.74, 6) is -0.0119. The Morgan fingerprint density at radius 2 is 2.44 bits per heavy atom. The minimum absolute atomic E-state index is 0.0119. The monoisotopic (exact) mass is 223 g/mol. The first kappa shape index (κ1) is 11.1. The number of aliphatic hydroxyl groups is 1. The van der Waals surface area contributed by atoms with E-state index in [4.69, 9.17) is 0 Å². The van der Waals surface area contributed by atoms with E-state index in [-0.39, 0.29) is 18.6 Å². The van der Waals surface area contributed by atoms with Crippen LogP contribution in [0.4, 0.5) is 0 Å². The van der Waals surface area contributed by atoms with Crippen LogP contribution in [0.25, 0.3) is 0 Å². The minimum atomic E-state index is -0.0212. The number of hydrogen-bond acceptors (Lipinski definition) is 3. The first-order chi connectivity index (χ1) is 7.63. The van der Waals surface area contributed by atoms with E-state index in [1.54, 1.807) is 22.8 Å². The van der Waals surface area contributed by atoms with Gasteiger partial charge < -0.3 is 10.0 Å². The van der Waals surface area contributed by atoms with Crippen LogP contribution < -0.4 is 0 Å².